The molecule has 1 aromatic rings. The topological polar surface area (TPSA) is 69.8 Å². The van der Waals surface area contributed by atoms with Crippen LogP contribution in [-0.2, 0) is 11.3 Å². The van der Waals surface area contributed by atoms with Crippen molar-refractivity contribution in [2.45, 2.75) is 19.9 Å². The van der Waals surface area contributed by atoms with Gasteiger partial charge in [-0.1, -0.05) is 0 Å². The highest BCUT2D eigenvalue weighted by molar-refractivity contribution is 5.76. The minimum atomic E-state index is 0.0555. The molecule has 5 heteroatoms. The Kier molecular flexibility index (Phi) is 4.12. The first kappa shape index (κ1) is 10.7. The van der Waals surface area contributed by atoms with Crippen molar-refractivity contribution < 1.29 is 4.79 Å². The highest BCUT2D eigenvalue weighted by Gasteiger charge is 2.03. The molecule has 0 bridgehead atoms. The van der Waals surface area contributed by atoms with E-state index in [0.717, 1.165) is 11.3 Å². The van der Waals surface area contributed by atoms with E-state index in [1.54, 1.807) is 6.20 Å². The molecule has 1 heterocycles. The van der Waals surface area contributed by atoms with Gasteiger partial charge in [0.1, 0.15) is 0 Å². The predicted molar refractivity (Wildman–Crippen MR) is 53.7 cm³/mol. The lowest BCUT2D eigenvalue weighted by molar-refractivity contribution is -0.121. The molecule has 0 radical (unpaired) electrons. The van der Waals surface area contributed by atoms with Gasteiger partial charge in [-0.15, -0.1) is 0 Å². The van der Waals surface area contributed by atoms with Gasteiger partial charge in [0.25, 0.3) is 0 Å². The van der Waals surface area contributed by atoms with E-state index < -0.39 is 0 Å². The first-order valence-corrected chi connectivity index (χ1v) is 4.64. The van der Waals surface area contributed by atoms with Gasteiger partial charge in [0.15, 0.2) is 0 Å². The van der Waals surface area contributed by atoms with Gasteiger partial charge in [0, 0.05) is 30.8 Å². The maximum atomic E-state index is 11.2. The van der Waals surface area contributed by atoms with Gasteiger partial charge in [-0.2, -0.15) is 5.10 Å². The molecule has 0 unspecified atom stereocenters. The molecule has 0 fully saturated rings. The Labute approximate surface area is 83.3 Å². The number of amides is 1. The monoisotopic (exact) mass is 196 g/mol. The molecule has 0 spiro atoms. The third-order valence-corrected chi connectivity index (χ3v) is 2.01. The molecule has 1 amide bonds. The molecule has 78 valence electrons. The summed E-state index contributed by atoms with van der Waals surface area (Å²) < 4.78 is 0. The normalized spacial score (nSPS) is 10.1. The van der Waals surface area contributed by atoms with Crippen molar-refractivity contribution in [3.05, 3.63) is 17.5 Å². The Morgan fingerprint density at radius 1 is 1.64 bits per heavy atom. The number of nitrogens with one attached hydrogen (secondary N) is 3. The number of nitrogens with zero attached hydrogens (tertiary/aromatic N) is 1. The van der Waals surface area contributed by atoms with E-state index in [2.05, 4.69) is 20.8 Å². The van der Waals surface area contributed by atoms with E-state index in [0.29, 0.717) is 19.5 Å². The van der Waals surface area contributed by atoms with E-state index in [-0.39, 0.29) is 5.91 Å². The van der Waals surface area contributed by atoms with E-state index >= 15 is 0 Å². The van der Waals surface area contributed by atoms with Crippen molar-refractivity contribution >= 4 is 5.91 Å². The molecule has 3 N–H and O–H groups in total. The van der Waals surface area contributed by atoms with Crippen molar-refractivity contribution in [1.82, 2.24) is 20.8 Å². The number of rotatable bonds is 5. The minimum Gasteiger partial charge on any atom is -0.352 e. The van der Waals surface area contributed by atoms with Crippen LogP contribution in [-0.4, -0.2) is 29.7 Å². The van der Waals surface area contributed by atoms with Gasteiger partial charge in [0.05, 0.1) is 6.20 Å². The first-order valence-electron chi connectivity index (χ1n) is 4.64. The molecule has 0 aromatic carbocycles. The summed E-state index contributed by atoms with van der Waals surface area (Å²) in [6.45, 7) is 3.18. The second-order valence-corrected chi connectivity index (χ2v) is 3.15. The highest BCUT2D eigenvalue weighted by Crippen LogP contribution is 2.00. The van der Waals surface area contributed by atoms with Crippen LogP contribution in [0.1, 0.15) is 17.7 Å². The van der Waals surface area contributed by atoms with Crippen molar-refractivity contribution in [2.24, 2.45) is 0 Å². The summed E-state index contributed by atoms with van der Waals surface area (Å²) in [6.07, 6.45) is 2.24. The Morgan fingerprint density at radius 2 is 2.43 bits per heavy atom. The lowest BCUT2D eigenvalue weighted by Crippen LogP contribution is -2.26. The number of carbonyl (C=O) groups excluding carboxylic acids is 1. The zero-order chi connectivity index (χ0) is 10.4. The number of H-pyrrole nitrogens is 1. The molecular formula is C9H16N4O. The maximum Gasteiger partial charge on any atom is 0.221 e. The number of aryl methyl sites for hydroxylation is 1. The summed E-state index contributed by atoms with van der Waals surface area (Å²) in [6, 6.07) is 0. The van der Waals surface area contributed by atoms with E-state index in [1.165, 1.54) is 0 Å². The van der Waals surface area contributed by atoms with Crippen LogP contribution in [0, 0.1) is 6.92 Å². The third kappa shape index (κ3) is 3.18. The van der Waals surface area contributed by atoms with Crippen LogP contribution >= 0.6 is 0 Å². The van der Waals surface area contributed by atoms with Crippen LogP contribution in [0.2, 0.25) is 0 Å². The molecule has 0 saturated heterocycles. The largest absolute Gasteiger partial charge is 0.352 e. The van der Waals surface area contributed by atoms with E-state index in [4.69, 9.17) is 0 Å². The number of hydrogen-bond acceptors (Lipinski definition) is 3. The summed E-state index contributed by atoms with van der Waals surface area (Å²) in [4.78, 5) is 11.2. The van der Waals surface area contributed by atoms with Gasteiger partial charge in [-0.05, 0) is 14.0 Å². The fourth-order valence-corrected chi connectivity index (χ4v) is 1.07. The van der Waals surface area contributed by atoms with Gasteiger partial charge in [-0.25, -0.2) is 0 Å². The molecule has 5 nitrogen and oxygen atoms in total. The number of aromatic nitrogens is 2. The van der Waals surface area contributed by atoms with Crippen molar-refractivity contribution in [1.29, 1.82) is 0 Å². The average molecular weight is 196 g/mol. The van der Waals surface area contributed by atoms with Gasteiger partial charge in [0.2, 0.25) is 5.91 Å². The van der Waals surface area contributed by atoms with Crippen LogP contribution in [0.5, 0.6) is 0 Å². The molecule has 0 atom stereocenters. The lowest BCUT2D eigenvalue weighted by atomic mass is 10.2. The SMILES string of the molecule is CNCCC(=O)NCc1cn[nH]c1C. The minimum absolute atomic E-state index is 0.0555. The maximum absolute atomic E-state index is 11.2. The summed E-state index contributed by atoms with van der Waals surface area (Å²) >= 11 is 0. The fourth-order valence-electron chi connectivity index (χ4n) is 1.07. The summed E-state index contributed by atoms with van der Waals surface area (Å²) in [5, 5.41) is 12.4. The summed E-state index contributed by atoms with van der Waals surface area (Å²) in [5.41, 5.74) is 2.03. The zero-order valence-electron chi connectivity index (χ0n) is 8.55. The highest BCUT2D eigenvalue weighted by atomic mass is 16.1. The number of aromatic amines is 1. The molecule has 0 saturated carbocycles. The van der Waals surface area contributed by atoms with Crippen molar-refractivity contribution in [3.8, 4) is 0 Å². The average Bonchev–Trinajstić information content (AvgIpc) is 2.58. The Hall–Kier alpha value is -1.36. The van der Waals surface area contributed by atoms with Crippen molar-refractivity contribution in [2.75, 3.05) is 13.6 Å². The molecule has 14 heavy (non-hydrogen) atoms. The second-order valence-electron chi connectivity index (χ2n) is 3.15. The molecular weight excluding hydrogens is 180 g/mol. The molecule has 1 aromatic heterocycles. The van der Waals surface area contributed by atoms with Crippen LogP contribution in [0.3, 0.4) is 0 Å². The number of carbonyl (C=O) groups is 1. The Bertz CT molecular complexity index is 295. The molecule has 0 aliphatic carbocycles. The summed E-state index contributed by atoms with van der Waals surface area (Å²) in [5.74, 6) is 0.0555. The summed E-state index contributed by atoms with van der Waals surface area (Å²) in [7, 11) is 1.83. The lowest BCUT2D eigenvalue weighted by Gasteiger charge is -2.03. The zero-order valence-corrected chi connectivity index (χ0v) is 8.55. The van der Waals surface area contributed by atoms with Gasteiger partial charge >= 0.3 is 0 Å². The van der Waals surface area contributed by atoms with Gasteiger partial charge < -0.3 is 10.6 Å². The smallest absolute Gasteiger partial charge is 0.221 e. The Balaban J connectivity index is 2.27. The van der Waals surface area contributed by atoms with Crippen molar-refractivity contribution in [3.63, 3.8) is 0 Å². The molecule has 0 aliphatic heterocycles. The molecule has 0 aliphatic rings. The number of hydrogen-bond donors (Lipinski definition) is 3. The second kappa shape index (κ2) is 5.39. The van der Waals surface area contributed by atoms with Crippen LogP contribution in [0.4, 0.5) is 0 Å². The fraction of sp³-hybridized carbons (Fsp3) is 0.556. The third-order valence-electron chi connectivity index (χ3n) is 2.01. The first-order chi connectivity index (χ1) is 6.74. The Morgan fingerprint density at radius 3 is 3.00 bits per heavy atom. The van der Waals surface area contributed by atoms with Crippen LogP contribution in [0.25, 0.3) is 0 Å². The quantitative estimate of drug-likeness (QED) is 0.618. The van der Waals surface area contributed by atoms with Crippen LogP contribution in [0.15, 0.2) is 6.20 Å². The standard InChI is InChI=1S/C9H16N4O/c1-7-8(6-12-13-7)5-11-9(14)3-4-10-2/h6,10H,3-5H2,1-2H3,(H,11,14)(H,12,13). The van der Waals surface area contributed by atoms with E-state index in [1.807, 2.05) is 14.0 Å². The predicted octanol–water partition coefficient (Wildman–Crippen LogP) is -0.0562. The van der Waals surface area contributed by atoms with E-state index in [9.17, 15) is 4.79 Å². The van der Waals surface area contributed by atoms with Crippen LogP contribution < -0.4 is 10.6 Å². The van der Waals surface area contributed by atoms with Gasteiger partial charge in [-0.3, -0.25) is 9.89 Å². The molecule has 1 rings (SSSR count).